The smallest absolute Gasteiger partial charge is 0.0715 e. The van der Waals surface area contributed by atoms with Crippen LogP contribution in [-0.2, 0) is 6.42 Å². The summed E-state index contributed by atoms with van der Waals surface area (Å²) in [5.41, 5.74) is 1.35. The van der Waals surface area contributed by atoms with Crippen molar-refractivity contribution in [3.63, 3.8) is 0 Å². The molecule has 12 heavy (non-hydrogen) atoms. The molecular weight excluding hydrogens is 170 g/mol. The predicted octanol–water partition coefficient (Wildman–Crippen LogP) is 2.40. The SMILES string of the molecule is CC(Cc1ccccc1)NCCl. The van der Waals surface area contributed by atoms with E-state index in [2.05, 4.69) is 36.5 Å². The van der Waals surface area contributed by atoms with Crippen LogP contribution in [-0.4, -0.2) is 12.0 Å². The van der Waals surface area contributed by atoms with Crippen LogP contribution in [0.2, 0.25) is 0 Å². The summed E-state index contributed by atoms with van der Waals surface area (Å²) in [6, 6.07) is 11.4. The van der Waals surface area contributed by atoms with Crippen LogP contribution in [0.3, 0.4) is 0 Å². The third-order valence-corrected chi connectivity index (χ3v) is 1.96. The number of nitrogens with one attached hydrogen (secondary N) is 1. The first-order chi connectivity index (χ1) is 5.83. The maximum absolute atomic E-state index is 5.55. The molecule has 66 valence electrons. The van der Waals surface area contributed by atoms with E-state index >= 15 is 0 Å². The van der Waals surface area contributed by atoms with E-state index in [9.17, 15) is 0 Å². The summed E-state index contributed by atoms with van der Waals surface area (Å²) in [7, 11) is 0. The standard InChI is InChI=1S/C10H14ClN/c1-9(12-8-11)7-10-5-3-2-4-6-10/h2-6,9,12H,7-8H2,1H3. The lowest BCUT2D eigenvalue weighted by atomic mass is 10.1. The number of hydrogen-bond acceptors (Lipinski definition) is 1. The quantitative estimate of drug-likeness (QED) is 0.559. The molecule has 0 saturated carbocycles. The third kappa shape index (κ3) is 3.24. The fraction of sp³-hybridized carbons (Fsp3) is 0.400. The van der Waals surface area contributed by atoms with E-state index in [1.165, 1.54) is 5.56 Å². The van der Waals surface area contributed by atoms with Crippen LogP contribution >= 0.6 is 11.6 Å². The maximum atomic E-state index is 5.55. The number of benzene rings is 1. The summed E-state index contributed by atoms with van der Waals surface area (Å²) >= 11 is 5.55. The lowest BCUT2D eigenvalue weighted by molar-refractivity contribution is 0.595. The number of rotatable bonds is 4. The Morgan fingerprint density at radius 1 is 1.33 bits per heavy atom. The Kier molecular flexibility index (Phi) is 4.12. The Labute approximate surface area is 78.7 Å². The molecule has 0 saturated heterocycles. The van der Waals surface area contributed by atoms with Gasteiger partial charge in [-0.25, -0.2) is 0 Å². The normalized spacial score (nSPS) is 12.8. The summed E-state index contributed by atoms with van der Waals surface area (Å²) in [5.74, 6) is 0. The Bertz CT molecular complexity index is 210. The minimum atomic E-state index is 0.449. The number of hydrogen-bond donors (Lipinski definition) is 1. The Morgan fingerprint density at radius 3 is 2.58 bits per heavy atom. The summed E-state index contributed by atoms with van der Waals surface area (Å²) < 4.78 is 0. The van der Waals surface area contributed by atoms with Crippen LogP contribution in [0.15, 0.2) is 30.3 Å². The van der Waals surface area contributed by atoms with Crippen molar-refractivity contribution in [2.24, 2.45) is 0 Å². The first-order valence-corrected chi connectivity index (χ1v) is 4.69. The van der Waals surface area contributed by atoms with Crippen molar-refractivity contribution in [1.82, 2.24) is 5.32 Å². The molecule has 0 aliphatic carbocycles. The van der Waals surface area contributed by atoms with Gasteiger partial charge >= 0.3 is 0 Å². The molecule has 1 nitrogen and oxygen atoms in total. The minimum Gasteiger partial charge on any atom is -0.301 e. The molecule has 0 aromatic heterocycles. The Morgan fingerprint density at radius 2 is 2.00 bits per heavy atom. The first kappa shape index (κ1) is 9.56. The van der Waals surface area contributed by atoms with Crippen molar-refractivity contribution in [1.29, 1.82) is 0 Å². The van der Waals surface area contributed by atoms with Crippen molar-refractivity contribution in [2.75, 3.05) is 6.00 Å². The summed E-state index contributed by atoms with van der Waals surface area (Å²) in [5, 5.41) is 3.16. The highest BCUT2D eigenvalue weighted by Gasteiger charge is 2.00. The second-order valence-corrected chi connectivity index (χ2v) is 3.20. The van der Waals surface area contributed by atoms with E-state index in [1.54, 1.807) is 0 Å². The van der Waals surface area contributed by atoms with Gasteiger partial charge in [0.05, 0.1) is 6.00 Å². The fourth-order valence-electron chi connectivity index (χ4n) is 1.17. The number of alkyl halides is 1. The molecule has 0 aliphatic rings. The zero-order valence-corrected chi connectivity index (χ0v) is 8.01. The van der Waals surface area contributed by atoms with Crippen LogP contribution in [0.5, 0.6) is 0 Å². The molecule has 1 N–H and O–H groups in total. The highest BCUT2D eigenvalue weighted by Crippen LogP contribution is 2.02. The van der Waals surface area contributed by atoms with Gasteiger partial charge in [0.2, 0.25) is 0 Å². The molecule has 2 heteroatoms. The average molecular weight is 184 g/mol. The molecule has 0 fully saturated rings. The van der Waals surface area contributed by atoms with Gasteiger partial charge in [-0.05, 0) is 18.9 Å². The highest BCUT2D eigenvalue weighted by molar-refractivity contribution is 6.17. The summed E-state index contributed by atoms with van der Waals surface area (Å²) in [4.78, 5) is 0. The van der Waals surface area contributed by atoms with Crippen molar-refractivity contribution >= 4 is 11.6 Å². The van der Waals surface area contributed by atoms with Crippen LogP contribution < -0.4 is 5.32 Å². The van der Waals surface area contributed by atoms with Crippen molar-refractivity contribution in [3.8, 4) is 0 Å². The second-order valence-electron chi connectivity index (χ2n) is 2.93. The number of halogens is 1. The zero-order valence-electron chi connectivity index (χ0n) is 7.26. The van der Waals surface area contributed by atoms with Gasteiger partial charge in [0, 0.05) is 6.04 Å². The second kappa shape index (κ2) is 5.18. The molecule has 0 spiro atoms. The van der Waals surface area contributed by atoms with Gasteiger partial charge in [-0.15, -0.1) is 11.6 Å². The van der Waals surface area contributed by atoms with Gasteiger partial charge in [0.25, 0.3) is 0 Å². The summed E-state index contributed by atoms with van der Waals surface area (Å²) in [6.45, 7) is 2.13. The molecule has 0 aliphatic heterocycles. The van der Waals surface area contributed by atoms with E-state index in [0.717, 1.165) is 6.42 Å². The monoisotopic (exact) mass is 183 g/mol. The molecule has 1 aromatic rings. The third-order valence-electron chi connectivity index (χ3n) is 1.81. The fourth-order valence-corrected chi connectivity index (χ4v) is 1.43. The van der Waals surface area contributed by atoms with Crippen LogP contribution in [0.25, 0.3) is 0 Å². The van der Waals surface area contributed by atoms with E-state index in [1.807, 2.05) is 6.07 Å². The molecular formula is C10H14ClN. The van der Waals surface area contributed by atoms with Crippen molar-refractivity contribution < 1.29 is 0 Å². The molecule has 1 unspecified atom stereocenters. The molecule has 0 bridgehead atoms. The first-order valence-electron chi connectivity index (χ1n) is 4.16. The summed E-state index contributed by atoms with van der Waals surface area (Å²) in [6.07, 6.45) is 1.04. The molecule has 0 radical (unpaired) electrons. The van der Waals surface area contributed by atoms with E-state index in [4.69, 9.17) is 11.6 Å². The molecule has 0 heterocycles. The van der Waals surface area contributed by atoms with E-state index in [0.29, 0.717) is 12.0 Å². The van der Waals surface area contributed by atoms with Crippen molar-refractivity contribution in [2.45, 2.75) is 19.4 Å². The van der Waals surface area contributed by atoms with Gasteiger partial charge in [-0.3, -0.25) is 0 Å². The van der Waals surface area contributed by atoms with Gasteiger partial charge in [0.1, 0.15) is 0 Å². The average Bonchev–Trinajstić information content (AvgIpc) is 2.06. The zero-order chi connectivity index (χ0) is 8.81. The Balaban J connectivity index is 2.41. The molecule has 1 rings (SSSR count). The van der Waals surface area contributed by atoms with Crippen molar-refractivity contribution in [3.05, 3.63) is 35.9 Å². The molecule has 1 atom stereocenters. The van der Waals surface area contributed by atoms with Crippen LogP contribution in [0.1, 0.15) is 12.5 Å². The van der Waals surface area contributed by atoms with E-state index in [-0.39, 0.29) is 0 Å². The largest absolute Gasteiger partial charge is 0.301 e. The topological polar surface area (TPSA) is 12.0 Å². The minimum absolute atomic E-state index is 0.449. The Hall–Kier alpha value is -0.530. The van der Waals surface area contributed by atoms with Gasteiger partial charge in [0.15, 0.2) is 0 Å². The van der Waals surface area contributed by atoms with Crippen LogP contribution in [0.4, 0.5) is 0 Å². The van der Waals surface area contributed by atoms with Gasteiger partial charge in [-0.1, -0.05) is 30.3 Å². The maximum Gasteiger partial charge on any atom is 0.0715 e. The van der Waals surface area contributed by atoms with Gasteiger partial charge < -0.3 is 5.32 Å². The lowest BCUT2D eigenvalue weighted by Crippen LogP contribution is -2.26. The van der Waals surface area contributed by atoms with Gasteiger partial charge in [-0.2, -0.15) is 0 Å². The lowest BCUT2D eigenvalue weighted by Gasteiger charge is -2.10. The predicted molar refractivity (Wildman–Crippen MR) is 53.5 cm³/mol. The van der Waals surface area contributed by atoms with E-state index < -0.39 is 0 Å². The highest BCUT2D eigenvalue weighted by atomic mass is 35.5. The molecule has 0 amide bonds. The molecule has 1 aromatic carbocycles. The van der Waals surface area contributed by atoms with Crippen LogP contribution in [0, 0.1) is 0 Å².